The van der Waals surface area contributed by atoms with Crippen molar-refractivity contribution in [3.8, 4) is 11.5 Å². The molecule has 0 fully saturated rings. The maximum atomic E-state index is 6.51. The monoisotopic (exact) mass is 420 g/mol. The van der Waals surface area contributed by atoms with Crippen molar-refractivity contribution < 1.29 is 9.47 Å². The molecule has 0 bridgehead atoms. The summed E-state index contributed by atoms with van der Waals surface area (Å²) in [7, 11) is 0.147. The number of allylic oxidation sites excluding steroid dienone is 1. The number of methoxy groups -OCH3 is 1. The Kier molecular flexibility index (Phi) is 7.60. The van der Waals surface area contributed by atoms with E-state index < -0.39 is 8.07 Å². The standard InChI is InChI=1S/C27H36O2Si/c1-6-17-30(18-7-2,19-8-3)20-26-21(4)27(22-13-15-23(28-5)16-14-22)24-11-9-10-12-25(24)29-26/h9-16,20,27H,4,6-8,17-19H2,1-3,5H3/b26-20+. The molecule has 1 aliphatic rings. The molecule has 0 aliphatic carbocycles. The van der Waals surface area contributed by atoms with Gasteiger partial charge in [0.2, 0.25) is 0 Å². The maximum Gasteiger partial charge on any atom is 0.131 e. The number of hydrogen-bond donors (Lipinski definition) is 0. The first-order valence-corrected chi connectivity index (χ1v) is 14.1. The summed E-state index contributed by atoms with van der Waals surface area (Å²) in [5.74, 6) is 2.96. The van der Waals surface area contributed by atoms with Crippen molar-refractivity contribution in [3.63, 3.8) is 0 Å². The van der Waals surface area contributed by atoms with Gasteiger partial charge >= 0.3 is 0 Å². The third-order valence-corrected chi connectivity index (χ3v) is 11.6. The van der Waals surface area contributed by atoms with E-state index in [9.17, 15) is 0 Å². The molecule has 0 aromatic heterocycles. The van der Waals surface area contributed by atoms with Gasteiger partial charge in [0.1, 0.15) is 17.3 Å². The molecule has 0 amide bonds. The zero-order valence-electron chi connectivity index (χ0n) is 19.0. The zero-order chi connectivity index (χ0) is 21.6. The molecular weight excluding hydrogens is 384 g/mol. The molecule has 0 radical (unpaired) electrons. The molecule has 3 rings (SSSR count). The van der Waals surface area contributed by atoms with Gasteiger partial charge in [-0.15, -0.1) is 0 Å². The van der Waals surface area contributed by atoms with E-state index in [2.05, 4.69) is 69.4 Å². The highest BCUT2D eigenvalue weighted by molar-refractivity contribution is 6.84. The van der Waals surface area contributed by atoms with Crippen molar-refractivity contribution in [1.29, 1.82) is 0 Å². The molecule has 160 valence electrons. The summed E-state index contributed by atoms with van der Waals surface area (Å²) < 4.78 is 11.9. The molecule has 1 atom stereocenters. The van der Waals surface area contributed by atoms with Crippen LogP contribution in [-0.4, -0.2) is 15.2 Å². The topological polar surface area (TPSA) is 18.5 Å². The van der Waals surface area contributed by atoms with Gasteiger partial charge in [-0.1, -0.05) is 101 Å². The molecule has 0 saturated heterocycles. The second-order valence-corrected chi connectivity index (χ2v) is 13.0. The maximum absolute atomic E-state index is 6.51. The van der Waals surface area contributed by atoms with Crippen molar-refractivity contribution in [2.75, 3.05) is 7.11 Å². The summed E-state index contributed by atoms with van der Waals surface area (Å²) >= 11 is 0. The quantitative estimate of drug-likeness (QED) is 0.384. The van der Waals surface area contributed by atoms with Crippen LogP contribution in [0.4, 0.5) is 0 Å². The second-order valence-electron chi connectivity index (χ2n) is 8.49. The highest BCUT2D eigenvalue weighted by Crippen LogP contribution is 2.45. The number of benzene rings is 2. The molecular formula is C27H36O2Si. The van der Waals surface area contributed by atoms with Crippen LogP contribution in [0.25, 0.3) is 0 Å². The fourth-order valence-corrected chi connectivity index (χ4v) is 9.96. The van der Waals surface area contributed by atoms with Gasteiger partial charge in [0.15, 0.2) is 0 Å². The van der Waals surface area contributed by atoms with E-state index in [-0.39, 0.29) is 5.92 Å². The van der Waals surface area contributed by atoms with Crippen molar-refractivity contribution in [2.45, 2.75) is 64.1 Å². The number of hydrogen-bond acceptors (Lipinski definition) is 2. The summed E-state index contributed by atoms with van der Waals surface area (Å²) in [5.41, 5.74) is 6.06. The summed E-state index contributed by atoms with van der Waals surface area (Å²) in [6, 6.07) is 20.8. The predicted octanol–water partition coefficient (Wildman–Crippen LogP) is 7.88. The lowest BCUT2D eigenvalue weighted by Gasteiger charge is -2.34. The van der Waals surface area contributed by atoms with Crippen LogP contribution in [0, 0.1) is 0 Å². The van der Waals surface area contributed by atoms with Crippen LogP contribution < -0.4 is 9.47 Å². The molecule has 2 aromatic carbocycles. The number of ether oxygens (including phenoxy) is 2. The number of rotatable bonds is 9. The van der Waals surface area contributed by atoms with Crippen LogP contribution >= 0.6 is 0 Å². The highest BCUT2D eigenvalue weighted by atomic mass is 28.3. The Morgan fingerprint density at radius 1 is 0.933 bits per heavy atom. The Hall–Kier alpha value is -2.26. The van der Waals surface area contributed by atoms with Crippen molar-refractivity contribution in [2.24, 2.45) is 0 Å². The minimum atomic E-state index is -1.56. The van der Waals surface area contributed by atoms with Crippen molar-refractivity contribution in [3.05, 3.63) is 83.3 Å². The van der Waals surface area contributed by atoms with Gasteiger partial charge in [-0.05, 0) is 29.3 Å². The van der Waals surface area contributed by atoms with E-state index in [1.807, 2.05) is 12.1 Å². The van der Waals surface area contributed by atoms with Crippen LogP contribution in [0.2, 0.25) is 18.1 Å². The summed E-state index contributed by atoms with van der Waals surface area (Å²) in [5, 5.41) is 0. The van der Waals surface area contributed by atoms with E-state index in [0.717, 1.165) is 22.8 Å². The number of fused-ring (bicyclic) bond motifs is 1. The Labute approximate surface area is 183 Å². The van der Waals surface area contributed by atoms with Crippen molar-refractivity contribution >= 4 is 8.07 Å². The molecule has 0 N–H and O–H groups in total. The third-order valence-electron chi connectivity index (χ3n) is 6.24. The lowest BCUT2D eigenvalue weighted by atomic mass is 9.83. The van der Waals surface area contributed by atoms with Crippen LogP contribution in [0.3, 0.4) is 0 Å². The van der Waals surface area contributed by atoms with Crippen LogP contribution in [0.1, 0.15) is 57.1 Å². The van der Waals surface area contributed by atoms with Crippen LogP contribution in [0.15, 0.2) is 72.1 Å². The van der Waals surface area contributed by atoms with Gasteiger partial charge in [0, 0.05) is 11.5 Å². The first kappa shape index (κ1) is 22.4. The minimum Gasteiger partial charge on any atom is -0.497 e. The average Bonchev–Trinajstić information content (AvgIpc) is 2.75. The zero-order valence-corrected chi connectivity index (χ0v) is 20.0. The van der Waals surface area contributed by atoms with Gasteiger partial charge in [-0.3, -0.25) is 0 Å². The summed E-state index contributed by atoms with van der Waals surface area (Å²) in [6.45, 7) is 11.5. The van der Waals surface area contributed by atoms with E-state index >= 15 is 0 Å². The fourth-order valence-electron chi connectivity index (χ4n) is 4.99. The van der Waals surface area contributed by atoms with E-state index in [1.165, 1.54) is 48.5 Å². The average molecular weight is 421 g/mol. The lowest BCUT2D eigenvalue weighted by molar-refractivity contribution is 0.407. The fraction of sp³-hybridized carbons (Fsp3) is 0.407. The Bertz CT molecular complexity index is 865. The van der Waals surface area contributed by atoms with E-state index in [1.54, 1.807) is 7.11 Å². The lowest BCUT2D eigenvalue weighted by Crippen LogP contribution is -2.33. The second kappa shape index (κ2) is 10.2. The van der Waals surface area contributed by atoms with Gasteiger partial charge in [-0.25, -0.2) is 0 Å². The molecule has 1 heterocycles. The van der Waals surface area contributed by atoms with Crippen LogP contribution in [0.5, 0.6) is 11.5 Å². The first-order chi connectivity index (χ1) is 14.6. The molecule has 2 aromatic rings. The largest absolute Gasteiger partial charge is 0.497 e. The first-order valence-electron chi connectivity index (χ1n) is 11.4. The Morgan fingerprint density at radius 3 is 2.10 bits per heavy atom. The molecule has 3 heteroatoms. The van der Waals surface area contributed by atoms with E-state index in [0.29, 0.717) is 0 Å². The molecule has 0 saturated carbocycles. The molecule has 1 unspecified atom stereocenters. The van der Waals surface area contributed by atoms with Crippen molar-refractivity contribution in [1.82, 2.24) is 0 Å². The molecule has 1 aliphatic heterocycles. The van der Waals surface area contributed by atoms with Gasteiger partial charge in [0.05, 0.1) is 15.2 Å². The van der Waals surface area contributed by atoms with Gasteiger partial charge in [-0.2, -0.15) is 0 Å². The minimum absolute atomic E-state index is 0.115. The normalized spacial score (nSPS) is 17.5. The molecule has 30 heavy (non-hydrogen) atoms. The smallest absolute Gasteiger partial charge is 0.131 e. The summed E-state index contributed by atoms with van der Waals surface area (Å²) in [4.78, 5) is 0. The third kappa shape index (κ3) is 4.72. The van der Waals surface area contributed by atoms with Gasteiger partial charge in [0.25, 0.3) is 0 Å². The molecule has 2 nitrogen and oxygen atoms in total. The van der Waals surface area contributed by atoms with E-state index in [4.69, 9.17) is 9.47 Å². The number of para-hydroxylation sites is 1. The summed E-state index contributed by atoms with van der Waals surface area (Å²) in [6.07, 6.45) is 3.71. The SMILES string of the molecule is C=C1/C(=C\[Si](CCC)(CCC)CCC)Oc2ccccc2C1c1ccc(OC)cc1. The molecule has 0 spiro atoms. The van der Waals surface area contributed by atoms with Gasteiger partial charge < -0.3 is 9.47 Å². The Morgan fingerprint density at radius 2 is 1.53 bits per heavy atom. The Balaban J connectivity index is 2.08. The van der Waals surface area contributed by atoms with Crippen LogP contribution in [-0.2, 0) is 0 Å². The predicted molar refractivity (Wildman–Crippen MR) is 130 cm³/mol. The highest BCUT2D eigenvalue weighted by Gasteiger charge is 2.34.